The minimum absolute atomic E-state index is 0.126. The SMILES string of the molecule is CCCOc1c(Br)cc(CNCCc2ccc(S(N)(=O)=O)cc2)cc1OC. The fourth-order valence-electron chi connectivity index (χ4n) is 2.53. The number of hydrogen-bond acceptors (Lipinski definition) is 5. The summed E-state index contributed by atoms with van der Waals surface area (Å²) < 4.78 is 34.6. The smallest absolute Gasteiger partial charge is 0.238 e. The molecule has 0 atom stereocenters. The van der Waals surface area contributed by atoms with Crippen LogP contribution >= 0.6 is 15.9 Å². The monoisotopic (exact) mass is 456 g/mol. The Morgan fingerprint density at radius 3 is 2.44 bits per heavy atom. The summed E-state index contributed by atoms with van der Waals surface area (Å²) in [5, 5.41) is 8.48. The van der Waals surface area contributed by atoms with Crippen molar-refractivity contribution in [2.24, 2.45) is 5.14 Å². The average Bonchev–Trinajstić information content (AvgIpc) is 2.63. The minimum Gasteiger partial charge on any atom is -0.493 e. The highest BCUT2D eigenvalue weighted by Gasteiger charge is 2.11. The molecule has 0 aliphatic carbocycles. The van der Waals surface area contributed by atoms with Crippen molar-refractivity contribution in [1.82, 2.24) is 5.32 Å². The highest BCUT2D eigenvalue weighted by Crippen LogP contribution is 2.36. The number of benzene rings is 2. The van der Waals surface area contributed by atoms with Gasteiger partial charge in [0, 0.05) is 6.54 Å². The molecule has 0 fully saturated rings. The Hall–Kier alpha value is -1.61. The summed E-state index contributed by atoms with van der Waals surface area (Å²) in [5.74, 6) is 1.42. The maximum Gasteiger partial charge on any atom is 0.238 e. The summed E-state index contributed by atoms with van der Waals surface area (Å²) in [6.45, 7) is 4.12. The number of nitrogens with two attached hydrogens (primary N) is 1. The summed E-state index contributed by atoms with van der Waals surface area (Å²) in [6, 6.07) is 10.6. The van der Waals surface area contributed by atoms with Crippen LogP contribution in [0.2, 0.25) is 0 Å². The quantitative estimate of drug-likeness (QED) is 0.535. The van der Waals surface area contributed by atoms with E-state index in [0.29, 0.717) is 18.9 Å². The van der Waals surface area contributed by atoms with Crippen LogP contribution in [0.1, 0.15) is 24.5 Å². The largest absolute Gasteiger partial charge is 0.493 e. The third kappa shape index (κ3) is 6.49. The molecule has 0 saturated carbocycles. The second kappa shape index (κ2) is 10.1. The van der Waals surface area contributed by atoms with Crippen molar-refractivity contribution >= 4 is 26.0 Å². The first-order valence-electron chi connectivity index (χ1n) is 8.66. The lowest BCUT2D eigenvalue weighted by Gasteiger charge is -2.14. The van der Waals surface area contributed by atoms with E-state index in [-0.39, 0.29) is 4.90 Å². The Balaban J connectivity index is 1.90. The van der Waals surface area contributed by atoms with E-state index in [2.05, 4.69) is 28.2 Å². The van der Waals surface area contributed by atoms with E-state index in [0.717, 1.165) is 40.7 Å². The number of hydrogen-bond donors (Lipinski definition) is 2. The normalized spacial score (nSPS) is 11.4. The van der Waals surface area contributed by atoms with E-state index in [1.165, 1.54) is 12.1 Å². The van der Waals surface area contributed by atoms with Gasteiger partial charge in [0.25, 0.3) is 0 Å². The number of sulfonamides is 1. The van der Waals surface area contributed by atoms with Gasteiger partial charge >= 0.3 is 0 Å². The fourth-order valence-corrected chi connectivity index (χ4v) is 3.65. The van der Waals surface area contributed by atoms with Crippen LogP contribution in [-0.2, 0) is 23.0 Å². The standard InChI is InChI=1S/C19H25BrN2O4S/c1-3-10-26-19-17(20)11-15(12-18(19)25-2)13-22-9-8-14-4-6-16(7-5-14)27(21,23)24/h4-7,11-12,22H,3,8-10,13H2,1-2H3,(H2,21,23,24). The van der Waals surface area contributed by atoms with Gasteiger partial charge in [0.2, 0.25) is 10.0 Å². The zero-order valence-corrected chi connectivity index (χ0v) is 17.9. The van der Waals surface area contributed by atoms with Gasteiger partial charge in [-0.1, -0.05) is 19.1 Å². The molecule has 0 unspecified atom stereocenters. The van der Waals surface area contributed by atoms with Crippen LogP contribution in [0.15, 0.2) is 45.8 Å². The second-order valence-corrected chi connectivity index (χ2v) is 8.49. The molecule has 0 amide bonds. The maximum atomic E-state index is 11.3. The van der Waals surface area contributed by atoms with Crippen molar-refractivity contribution in [1.29, 1.82) is 0 Å². The van der Waals surface area contributed by atoms with E-state index in [4.69, 9.17) is 14.6 Å². The zero-order valence-electron chi connectivity index (χ0n) is 15.5. The van der Waals surface area contributed by atoms with Gasteiger partial charge in [0.1, 0.15) is 0 Å². The fraction of sp³-hybridized carbons (Fsp3) is 0.368. The third-order valence-corrected chi connectivity index (χ3v) is 5.43. The Morgan fingerprint density at radius 1 is 1.15 bits per heavy atom. The molecule has 3 N–H and O–H groups in total. The molecule has 0 aromatic heterocycles. The Kier molecular flexibility index (Phi) is 8.09. The van der Waals surface area contributed by atoms with Crippen molar-refractivity contribution in [2.75, 3.05) is 20.3 Å². The molecule has 0 saturated heterocycles. The molecular weight excluding hydrogens is 432 g/mol. The first-order valence-corrected chi connectivity index (χ1v) is 11.0. The number of halogens is 1. The van der Waals surface area contributed by atoms with E-state index >= 15 is 0 Å². The lowest BCUT2D eigenvalue weighted by atomic mass is 10.1. The van der Waals surface area contributed by atoms with Gasteiger partial charge in [-0.15, -0.1) is 0 Å². The Morgan fingerprint density at radius 2 is 1.85 bits per heavy atom. The van der Waals surface area contributed by atoms with E-state index in [9.17, 15) is 8.42 Å². The lowest BCUT2D eigenvalue weighted by Crippen LogP contribution is -2.17. The molecule has 0 bridgehead atoms. The third-order valence-electron chi connectivity index (χ3n) is 3.91. The highest BCUT2D eigenvalue weighted by molar-refractivity contribution is 9.10. The van der Waals surface area contributed by atoms with Gasteiger partial charge in [-0.25, -0.2) is 13.6 Å². The molecule has 148 valence electrons. The molecular formula is C19H25BrN2O4S. The van der Waals surface area contributed by atoms with Crippen LogP contribution in [0, 0.1) is 0 Å². The first-order chi connectivity index (χ1) is 12.8. The second-order valence-electron chi connectivity index (χ2n) is 6.07. The topological polar surface area (TPSA) is 90.6 Å². The Bertz CT molecular complexity index is 855. The number of methoxy groups -OCH3 is 1. The highest BCUT2D eigenvalue weighted by atomic mass is 79.9. The van der Waals surface area contributed by atoms with E-state index in [1.807, 2.05) is 12.1 Å². The number of nitrogens with one attached hydrogen (secondary N) is 1. The minimum atomic E-state index is -3.64. The van der Waals surface area contributed by atoms with Gasteiger partial charge in [-0.05, 0) is 70.7 Å². The van der Waals surface area contributed by atoms with Gasteiger partial charge in [-0.3, -0.25) is 0 Å². The molecule has 0 aliphatic heterocycles. The number of ether oxygens (including phenoxy) is 2. The maximum absolute atomic E-state index is 11.3. The summed E-state index contributed by atoms with van der Waals surface area (Å²) in [4.78, 5) is 0.126. The molecule has 2 aromatic rings. The molecule has 6 nitrogen and oxygen atoms in total. The summed E-state index contributed by atoms with van der Waals surface area (Å²) >= 11 is 3.55. The van der Waals surface area contributed by atoms with Crippen molar-refractivity contribution in [3.8, 4) is 11.5 Å². The van der Waals surface area contributed by atoms with Gasteiger partial charge in [-0.2, -0.15) is 0 Å². The van der Waals surface area contributed by atoms with Gasteiger partial charge < -0.3 is 14.8 Å². The average molecular weight is 457 g/mol. The predicted octanol–water partition coefficient (Wildman–Crippen LogP) is 3.23. The molecule has 0 heterocycles. The molecule has 0 aliphatic rings. The Labute approximate surface area is 169 Å². The van der Waals surface area contributed by atoms with Crippen molar-refractivity contribution in [2.45, 2.75) is 31.2 Å². The van der Waals surface area contributed by atoms with Gasteiger partial charge in [0.05, 0.1) is 23.1 Å². The summed E-state index contributed by atoms with van der Waals surface area (Å²) in [7, 11) is -2.02. The van der Waals surface area contributed by atoms with Crippen molar-refractivity contribution in [3.63, 3.8) is 0 Å². The molecule has 0 spiro atoms. The van der Waals surface area contributed by atoms with Gasteiger partial charge in [0.15, 0.2) is 11.5 Å². The van der Waals surface area contributed by atoms with Crippen LogP contribution in [-0.4, -0.2) is 28.7 Å². The predicted molar refractivity (Wildman–Crippen MR) is 110 cm³/mol. The van der Waals surface area contributed by atoms with E-state index < -0.39 is 10.0 Å². The molecule has 0 radical (unpaired) electrons. The van der Waals surface area contributed by atoms with E-state index in [1.54, 1.807) is 19.2 Å². The zero-order chi connectivity index (χ0) is 19.9. The van der Waals surface area contributed by atoms with Crippen molar-refractivity contribution < 1.29 is 17.9 Å². The molecule has 27 heavy (non-hydrogen) atoms. The first kappa shape index (κ1) is 21.7. The number of primary sulfonamides is 1. The van der Waals surface area contributed by atoms with Crippen LogP contribution in [0.4, 0.5) is 0 Å². The van der Waals surface area contributed by atoms with Crippen LogP contribution in [0.25, 0.3) is 0 Å². The number of rotatable bonds is 10. The molecule has 8 heteroatoms. The van der Waals surface area contributed by atoms with Crippen LogP contribution in [0.3, 0.4) is 0 Å². The van der Waals surface area contributed by atoms with Crippen molar-refractivity contribution in [3.05, 3.63) is 52.0 Å². The van der Waals surface area contributed by atoms with Crippen LogP contribution < -0.4 is 19.9 Å². The lowest BCUT2D eigenvalue weighted by molar-refractivity contribution is 0.292. The molecule has 2 rings (SSSR count). The molecule has 2 aromatic carbocycles. The van der Waals surface area contributed by atoms with Crippen LogP contribution in [0.5, 0.6) is 11.5 Å². The summed E-state index contributed by atoms with van der Waals surface area (Å²) in [6.07, 6.45) is 1.71. The summed E-state index contributed by atoms with van der Waals surface area (Å²) in [5.41, 5.74) is 2.11.